The van der Waals surface area contributed by atoms with Crippen molar-refractivity contribution in [3.05, 3.63) is 24.2 Å². The van der Waals surface area contributed by atoms with Gasteiger partial charge in [0.2, 0.25) is 3.79 Å². The van der Waals surface area contributed by atoms with Crippen molar-refractivity contribution in [2.45, 2.75) is 35.6 Å². The maximum Gasteiger partial charge on any atom is 0.288 e. The second-order valence-electron chi connectivity index (χ2n) is 4.85. The number of carbonyl (C=O) groups excluding carboxylic acids is 1. The smallest absolute Gasteiger partial charge is 0.288 e. The van der Waals surface area contributed by atoms with Gasteiger partial charge in [0, 0.05) is 13.1 Å². The minimum Gasteiger partial charge on any atom is -0.459 e. The zero-order valence-corrected chi connectivity index (χ0v) is 13.2. The normalized spacial score (nSPS) is 19.4. The summed E-state index contributed by atoms with van der Waals surface area (Å²) in [5, 5.41) is 2.75. The van der Waals surface area contributed by atoms with E-state index in [4.69, 9.17) is 39.2 Å². The molecule has 1 atom stereocenters. The molecular formula is C13H17Cl3N2O2. The van der Waals surface area contributed by atoms with E-state index in [1.54, 1.807) is 12.1 Å². The van der Waals surface area contributed by atoms with Gasteiger partial charge in [-0.2, -0.15) is 0 Å². The molecule has 0 aliphatic carbocycles. The highest BCUT2D eigenvalue weighted by Crippen LogP contribution is 2.33. The number of hydrogen-bond acceptors (Lipinski definition) is 3. The van der Waals surface area contributed by atoms with Crippen molar-refractivity contribution in [3.63, 3.8) is 0 Å². The number of furan rings is 1. The summed E-state index contributed by atoms with van der Waals surface area (Å²) in [5.74, 6) is -0.172. The Bertz CT molecular complexity index is 423. The zero-order chi connectivity index (χ0) is 14.6. The average Bonchev–Trinajstić information content (AvgIpc) is 2.78. The summed E-state index contributed by atoms with van der Waals surface area (Å²) >= 11 is 18.1. The van der Waals surface area contributed by atoms with Gasteiger partial charge in [-0.15, -0.1) is 0 Å². The number of rotatable bonds is 3. The maximum absolute atomic E-state index is 12.1. The van der Waals surface area contributed by atoms with Crippen LogP contribution in [0.15, 0.2) is 22.8 Å². The van der Waals surface area contributed by atoms with Gasteiger partial charge < -0.3 is 9.73 Å². The summed E-state index contributed by atoms with van der Waals surface area (Å²) in [7, 11) is 0. The number of alkyl halides is 3. The number of hydrogen-bond donors (Lipinski definition) is 1. The molecule has 1 amide bonds. The van der Waals surface area contributed by atoms with E-state index < -0.39 is 9.96 Å². The molecule has 2 rings (SSSR count). The van der Waals surface area contributed by atoms with Crippen LogP contribution in [0.2, 0.25) is 0 Å². The van der Waals surface area contributed by atoms with Crippen molar-refractivity contribution >= 4 is 40.7 Å². The summed E-state index contributed by atoms with van der Waals surface area (Å²) in [6.07, 6.45) is 5.17. The topological polar surface area (TPSA) is 45.5 Å². The molecule has 7 heteroatoms. The predicted molar refractivity (Wildman–Crippen MR) is 80.3 cm³/mol. The molecule has 1 saturated heterocycles. The third-order valence-electron chi connectivity index (χ3n) is 3.33. The van der Waals surface area contributed by atoms with Gasteiger partial charge in [0.25, 0.3) is 5.91 Å². The van der Waals surface area contributed by atoms with Crippen LogP contribution in [0.1, 0.15) is 36.2 Å². The molecule has 0 saturated carbocycles. The fraction of sp³-hybridized carbons (Fsp3) is 0.615. The molecule has 1 aliphatic heterocycles. The quantitative estimate of drug-likeness (QED) is 0.856. The summed E-state index contributed by atoms with van der Waals surface area (Å²) in [4.78, 5) is 14.1. The van der Waals surface area contributed by atoms with E-state index in [0.717, 1.165) is 38.8 Å². The number of carbonyl (C=O) groups is 1. The third-order valence-corrected chi connectivity index (χ3v) is 3.95. The van der Waals surface area contributed by atoms with Crippen LogP contribution in [0.5, 0.6) is 0 Å². The Morgan fingerprint density at radius 1 is 1.25 bits per heavy atom. The van der Waals surface area contributed by atoms with Gasteiger partial charge in [0.15, 0.2) is 5.76 Å². The van der Waals surface area contributed by atoms with Gasteiger partial charge in [-0.3, -0.25) is 9.69 Å². The van der Waals surface area contributed by atoms with Crippen LogP contribution in [-0.2, 0) is 0 Å². The lowest BCUT2D eigenvalue weighted by Crippen LogP contribution is -2.55. The molecule has 0 bridgehead atoms. The minimum atomic E-state index is -1.59. The first-order chi connectivity index (χ1) is 9.48. The number of nitrogens with one attached hydrogen (secondary N) is 1. The molecule has 1 aliphatic rings. The number of nitrogens with zero attached hydrogens (tertiary/aromatic N) is 1. The Morgan fingerprint density at radius 2 is 1.90 bits per heavy atom. The molecule has 112 valence electrons. The van der Waals surface area contributed by atoms with E-state index in [-0.39, 0.29) is 11.7 Å². The summed E-state index contributed by atoms with van der Waals surface area (Å²) in [6, 6.07) is 3.22. The molecule has 1 aromatic heterocycles. The van der Waals surface area contributed by atoms with Crippen molar-refractivity contribution in [2.24, 2.45) is 0 Å². The molecule has 0 spiro atoms. The summed E-state index contributed by atoms with van der Waals surface area (Å²) in [6.45, 7) is 1.61. The lowest BCUT2D eigenvalue weighted by Gasteiger charge is -2.35. The highest BCUT2D eigenvalue weighted by atomic mass is 35.6. The Balaban J connectivity index is 2.09. The van der Waals surface area contributed by atoms with Crippen molar-refractivity contribution in [2.75, 3.05) is 13.1 Å². The Labute approximate surface area is 133 Å². The van der Waals surface area contributed by atoms with E-state index >= 15 is 0 Å². The molecule has 20 heavy (non-hydrogen) atoms. The Hall–Kier alpha value is -0.420. The number of likely N-dealkylation sites (tertiary alicyclic amines) is 1. The fourth-order valence-corrected chi connectivity index (χ4v) is 2.91. The van der Waals surface area contributed by atoms with E-state index in [9.17, 15) is 4.79 Å². The molecule has 1 unspecified atom stereocenters. The van der Waals surface area contributed by atoms with E-state index in [1.807, 2.05) is 4.90 Å². The van der Waals surface area contributed by atoms with Crippen molar-refractivity contribution < 1.29 is 9.21 Å². The third kappa shape index (κ3) is 4.29. The van der Waals surface area contributed by atoms with E-state index in [0.29, 0.717) is 0 Å². The highest BCUT2D eigenvalue weighted by molar-refractivity contribution is 6.68. The van der Waals surface area contributed by atoms with Crippen LogP contribution in [0, 0.1) is 0 Å². The number of amides is 1. The predicted octanol–water partition coefficient (Wildman–Crippen LogP) is 3.58. The Kier molecular flexibility index (Phi) is 5.61. The van der Waals surface area contributed by atoms with Crippen LogP contribution < -0.4 is 5.32 Å². The van der Waals surface area contributed by atoms with Crippen molar-refractivity contribution in [3.8, 4) is 0 Å². The lowest BCUT2D eigenvalue weighted by atomic mass is 10.2. The molecule has 1 fully saturated rings. The SMILES string of the molecule is O=C(NC(N1CCCCCC1)C(Cl)(Cl)Cl)c1ccco1. The summed E-state index contributed by atoms with van der Waals surface area (Å²) in [5.41, 5.74) is 0. The lowest BCUT2D eigenvalue weighted by molar-refractivity contribution is 0.0826. The fourth-order valence-electron chi connectivity index (χ4n) is 2.34. The van der Waals surface area contributed by atoms with Crippen LogP contribution in [0.3, 0.4) is 0 Å². The number of halogens is 3. The van der Waals surface area contributed by atoms with Gasteiger partial charge in [-0.05, 0) is 25.0 Å². The van der Waals surface area contributed by atoms with Crippen LogP contribution in [-0.4, -0.2) is 33.9 Å². The largest absolute Gasteiger partial charge is 0.459 e. The molecule has 0 aromatic carbocycles. The second kappa shape index (κ2) is 7.03. The van der Waals surface area contributed by atoms with Gasteiger partial charge >= 0.3 is 0 Å². The van der Waals surface area contributed by atoms with Crippen molar-refractivity contribution in [1.29, 1.82) is 0 Å². The first-order valence-electron chi connectivity index (χ1n) is 6.63. The first-order valence-corrected chi connectivity index (χ1v) is 7.77. The van der Waals surface area contributed by atoms with Gasteiger partial charge in [0.1, 0.15) is 6.17 Å². The molecular weight excluding hydrogens is 323 g/mol. The van der Waals surface area contributed by atoms with E-state index in [1.165, 1.54) is 6.26 Å². The maximum atomic E-state index is 12.1. The molecule has 0 radical (unpaired) electrons. The second-order valence-corrected chi connectivity index (χ2v) is 7.21. The summed E-state index contributed by atoms with van der Waals surface area (Å²) < 4.78 is 3.47. The minimum absolute atomic E-state index is 0.207. The standard InChI is InChI=1S/C13H17Cl3N2O2/c14-13(15,16)12(18-7-3-1-2-4-8-18)17-11(19)10-6-5-9-20-10/h5-6,9,12H,1-4,7-8H2,(H,17,19). The van der Waals surface area contributed by atoms with E-state index in [2.05, 4.69) is 5.32 Å². The van der Waals surface area contributed by atoms with Gasteiger partial charge in [0.05, 0.1) is 6.26 Å². The monoisotopic (exact) mass is 338 g/mol. The Morgan fingerprint density at radius 3 is 2.40 bits per heavy atom. The first kappa shape index (κ1) is 16.0. The molecule has 4 nitrogen and oxygen atoms in total. The zero-order valence-electron chi connectivity index (χ0n) is 10.9. The van der Waals surface area contributed by atoms with Crippen LogP contribution >= 0.6 is 34.8 Å². The average molecular weight is 340 g/mol. The van der Waals surface area contributed by atoms with Gasteiger partial charge in [-0.1, -0.05) is 47.6 Å². The molecule has 1 aromatic rings. The van der Waals surface area contributed by atoms with Gasteiger partial charge in [-0.25, -0.2) is 0 Å². The van der Waals surface area contributed by atoms with Crippen LogP contribution in [0.25, 0.3) is 0 Å². The molecule has 1 N–H and O–H groups in total. The van der Waals surface area contributed by atoms with Crippen LogP contribution in [0.4, 0.5) is 0 Å². The van der Waals surface area contributed by atoms with Crippen molar-refractivity contribution in [1.82, 2.24) is 10.2 Å². The molecule has 2 heterocycles. The highest BCUT2D eigenvalue weighted by Gasteiger charge is 2.39.